The van der Waals surface area contributed by atoms with Gasteiger partial charge >= 0.3 is 0 Å². The predicted molar refractivity (Wildman–Crippen MR) is 137 cm³/mol. The van der Waals surface area contributed by atoms with E-state index >= 15 is 0 Å². The molecule has 182 valence electrons. The molecule has 3 aromatic rings. The van der Waals surface area contributed by atoms with Crippen LogP contribution in [0.2, 0.25) is 10.0 Å². The standard InChI is InChI=1S/C26H24Cl2FN3O3/c1-2-35-24-10-7-17(15-20(24)28)25(33)30-22-16-18(27)8-9-23(22)31-11-13-32(14-12-31)26(34)19-5-3-4-6-21(19)29/h3-10,15-16H,2,11-14H2,1H3,(H,30,33). The van der Waals surface area contributed by atoms with E-state index < -0.39 is 5.82 Å². The second kappa shape index (κ2) is 11.0. The van der Waals surface area contributed by atoms with E-state index in [1.807, 2.05) is 13.0 Å². The Hall–Kier alpha value is -3.29. The predicted octanol–water partition coefficient (Wildman–Crippen LogP) is 5.75. The molecule has 0 atom stereocenters. The lowest BCUT2D eigenvalue weighted by molar-refractivity contribution is 0.0742. The number of hydrogen-bond acceptors (Lipinski definition) is 4. The summed E-state index contributed by atoms with van der Waals surface area (Å²) < 4.78 is 19.5. The highest BCUT2D eigenvalue weighted by molar-refractivity contribution is 6.32. The minimum Gasteiger partial charge on any atom is -0.492 e. The molecule has 0 aliphatic carbocycles. The molecule has 3 aromatic carbocycles. The molecule has 9 heteroatoms. The van der Waals surface area contributed by atoms with Gasteiger partial charge in [0, 0.05) is 36.8 Å². The van der Waals surface area contributed by atoms with Gasteiger partial charge in [-0.2, -0.15) is 0 Å². The Bertz CT molecular complexity index is 1250. The number of rotatable bonds is 6. The highest BCUT2D eigenvalue weighted by Gasteiger charge is 2.25. The van der Waals surface area contributed by atoms with Crippen molar-refractivity contribution in [3.8, 4) is 5.75 Å². The maximum Gasteiger partial charge on any atom is 0.256 e. The molecule has 0 aromatic heterocycles. The van der Waals surface area contributed by atoms with Crippen molar-refractivity contribution >= 4 is 46.4 Å². The molecule has 35 heavy (non-hydrogen) atoms. The van der Waals surface area contributed by atoms with Gasteiger partial charge in [-0.25, -0.2) is 4.39 Å². The lowest BCUT2D eigenvalue weighted by Gasteiger charge is -2.37. The maximum absolute atomic E-state index is 14.0. The highest BCUT2D eigenvalue weighted by atomic mass is 35.5. The third-order valence-corrected chi connectivity index (χ3v) is 6.24. The number of ether oxygens (including phenoxy) is 1. The van der Waals surface area contributed by atoms with Crippen molar-refractivity contribution in [2.45, 2.75) is 6.92 Å². The maximum atomic E-state index is 14.0. The molecule has 0 saturated carbocycles. The number of hydrogen-bond donors (Lipinski definition) is 1. The first-order valence-electron chi connectivity index (χ1n) is 11.2. The number of amides is 2. The van der Waals surface area contributed by atoms with E-state index in [1.54, 1.807) is 47.4 Å². The summed E-state index contributed by atoms with van der Waals surface area (Å²) in [6.45, 7) is 4.18. The van der Waals surface area contributed by atoms with Crippen LogP contribution in [-0.2, 0) is 0 Å². The zero-order valence-electron chi connectivity index (χ0n) is 19.1. The summed E-state index contributed by atoms with van der Waals surface area (Å²) in [7, 11) is 0. The number of nitrogens with zero attached hydrogens (tertiary/aromatic N) is 2. The van der Waals surface area contributed by atoms with E-state index in [9.17, 15) is 14.0 Å². The Balaban J connectivity index is 1.47. The van der Waals surface area contributed by atoms with Crippen molar-refractivity contribution in [3.05, 3.63) is 87.7 Å². The SMILES string of the molecule is CCOc1ccc(C(=O)Nc2cc(Cl)ccc2N2CCN(C(=O)c3ccccc3F)CC2)cc1Cl. The van der Waals surface area contributed by atoms with Gasteiger partial charge < -0.3 is 19.9 Å². The quantitative estimate of drug-likeness (QED) is 0.454. The Morgan fingerprint density at radius 2 is 1.74 bits per heavy atom. The normalized spacial score (nSPS) is 13.5. The molecule has 1 saturated heterocycles. The monoisotopic (exact) mass is 515 g/mol. The van der Waals surface area contributed by atoms with Crippen molar-refractivity contribution in [3.63, 3.8) is 0 Å². The second-order valence-electron chi connectivity index (χ2n) is 7.95. The Morgan fingerprint density at radius 3 is 2.43 bits per heavy atom. The van der Waals surface area contributed by atoms with Gasteiger partial charge in [0.2, 0.25) is 0 Å². The minimum atomic E-state index is -0.531. The van der Waals surface area contributed by atoms with Crippen molar-refractivity contribution in [1.29, 1.82) is 0 Å². The average molecular weight is 516 g/mol. The summed E-state index contributed by atoms with van der Waals surface area (Å²) in [5.41, 5.74) is 1.76. The number of benzene rings is 3. The van der Waals surface area contributed by atoms with E-state index in [2.05, 4.69) is 10.2 Å². The number of piperazine rings is 1. The first-order valence-corrected chi connectivity index (χ1v) is 11.9. The summed E-state index contributed by atoms with van der Waals surface area (Å²) in [4.78, 5) is 29.4. The van der Waals surface area contributed by atoms with Crippen LogP contribution in [0, 0.1) is 5.82 Å². The third kappa shape index (κ3) is 5.69. The lowest BCUT2D eigenvalue weighted by Crippen LogP contribution is -2.49. The van der Waals surface area contributed by atoms with E-state index in [0.29, 0.717) is 59.8 Å². The average Bonchev–Trinajstić information content (AvgIpc) is 2.85. The number of carbonyl (C=O) groups excluding carboxylic acids is 2. The fraction of sp³-hybridized carbons (Fsp3) is 0.231. The molecule has 4 rings (SSSR count). The molecule has 1 heterocycles. The zero-order chi connectivity index (χ0) is 24.9. The van der Waals surface area contributed by atoms with Crippen LogP contribution in [0.25, 0.3) is 0 Å². The Labute approximate surface area is 213 Å². The highest BCUT2D eigenvalue weighted by Crippen LogP contribution is 2.32. The van der Waals surface area contributed by atoms with Gasteiger partial charge in [-0.15, -0.1) is 0 Å². The fourth-order valence-corrected chi connectivity index (χ4v) is 4.36. The molecule has 1 N–H and O–H groups in total. The molecule has 0 unspecified atom stereocenters. The van der Waals surface area contributed by atoms with Crippen LogP contribution in [0.15, 0.2) is 60.7 Å². The second-order valence-corrected chi connectivity index (χ2v) is 8.80. The molecule has 2 amide bonds. The molecule has 1 aliphatic rings. The summed E-state index contributed by atoms with van der Waals surface area (Å²) in [6.07, 6.45) is 0. The van der Waals surface area contributed by atoms with Gasteiger partial charge in [0.1, 0.15) is 11.6 Å². The van der Waals surface area contributed by atoms with Gasteiger partial charge in [0.15, 0.2) is 0 Å². The Morgan fingerprint density at radius 1 is 1.00 bits per heavy atom. The first kappa shape index (κ1) is 24.8. The summed E-state index contributed by atoms with van der Waals surface area (Å²) >= 11 is 12.5. The third-order valence-electron chi connectivity index (χ3n) is 5.71. The molecule has 1 fully saturated rings. The van der Waals surface area contributed by atoms with Gasteiger partial charge in [-0.1, -0.05) is 35.3 Å². The van der Waals surface area contributed by atoms with E-state index in [-0.39, 0.29) is 17.4 Å². The minimum absolute atomic E-state index is 0.0643. The molecule has 0 radical (unpaired) electrons. The van der Waals surface area contributed by atoms with Crippen molar-refractivity contribution in [2.75, 3.05) is 43.0 Å². The van der Waals surface area contributed by atoms with Crippen molar-refractivity contribution < 1.29 is 18.7 Å². The van der Waals surface area contributed by atoms with Crippen LogP contribution in [-0.4, -0.2) is 49.5 Å². The first-order chi connectivity index (χ1) is 16.9. The molecule has 0 spiro atoms. The van der Waals surface area contributed by atoms with Crippen LogP contribution in [0.3, 0.4) is 0 Å². The lowest BCUT2D eigenvalue weighted by atomic mass is 10.1. The molecule has 1 aliphatic heterocycles. The molecular weight excluding hydrogens is 492 g/mol. The van der Waals surface area contributed by atoms with Crippen molar-refractivity contribution in [2.24, 2.45) is 0 Å². The van der Waals surface area contributed by atoms with Gasteiger partial charge in [0.05, 0.1) is 28.6 Å². The van der Waals surface area contributed by atoms with Crippen LogP contribution in [0.5, 0.6) is 5.75 Å². The molecule has 0 bridgehead atoms. The van der Waals surface area contributed by atoms with Crippen molar-refractivity contribution in [1.82, 2.24) is 4.90 Å². The topological polar surface area (TPSA) is 61.9 Å². The smallest absolute Gasteiger partial charge is 0.256 e. The van der Waals surface area contributed by atoms with Crippen LogP contribution in [0.4, 0.5) is 15.8 Å². The zero-order valence-corrected chi connectivity index (χ0v) is 20.6. The summed E-state index contributed by atoms with van der Waals surface area (Å²) in [5, 5.41) is 3.74. The fourth-order valence-electron chi connectivity index (χ4n) is 3.95. The van der Waals surface area contributed by atoms with Gasteiger partial charge in [-0.3, -0.25) is 9.59 Å². The van der Waals surface area contributed by atoms with Gasteiger partial charge in [-0.05, 0) is 55.5 Å². The number of halogens is 3. The molecule has 6 nitrogen and oxygen atoms in total. The number of anilines is 2. The number of carbonyl (C=O) groups is 2. The van der Waals surface area contributed by atoms with Gasteiger partial charge in [0.25, 0.3) is 11.8 Å². The summed E-state index contributed by atoms with van der Waals surface area (Å²) in [6, 6.07) is 16.1. The van der Waals surface area contributed by atoms with E-state index in [4.69, 9.17) is 27.9 Å². The largest absolute Gasteiger partial charge is 0.492 e. The molecular formula is C26H24Cl2FN3O3. The summed E-state index contributed by atoms with van der Waals surface area (Å²) in [5.74, 6) is -0.694. The van der Waals surface area contributed by atoms with E-state index in [1.165, 1.54) is 12.1 Å². The van der Waals surface area contributed by atoms with Crippen LogP contribution < -0.4 is 15.0 Å². The number of nitrogens with one attached hydrogen (secondary N) is 1. The van der Waals surface area contributed by atoms with Crippen LogP contribution in [0.1, 0.15) is 27.6 Å². The van der Waals surface area contributed by atoms with E-state index in [0.717, 1.165) is 5.69 Å². The Kier molecular flexibility index (Phi) is 7.78. The van der Waals surface area contributed by atoms with Crippen LogP contribution >= 0.6 is 23.2 Å².